The van der Waals surface area contributed by atoms with Crippen molar-refractivity contribution in [3.05, 3.63) is 36.7 Å². The van der Waals surface area contributed by atoms with Gasteiger partial charge in [0.15, 0.2) is 0 Å². The number of aliphatic hydroxyl groups is 1. The highest BCUT2D eigenvalue weighted by atomic mass is 16.5. The first-order chi connectivity index (χ1) is 9.31. The second kappa shape index (κ2) is 4.99. The number of anilines is 1. The SMILES string of the molecule is OCC1(CNc2ccc(-n3nccn3)cc2)COC1. The van der Waals surface area contributed by atoms with Gasteiger partial charge in [-0.25, -0.2) is 0 Å². The molecule has 2 aromatic rings. The standard InChI is InChI=1S/C13H16N4O2/c18-8-13(9-19-10-13)7-14-11-1-3-12(4-2-11)17-15-5-6-16-17/h1-6,14,18H,7-10H2. The lowest BCUT2D eigenvalue weighted by Gasteiger charge is -2.40. The van der Waals surface area contributed by atoms with Gasteiger partial charge in [0.25, 0.3) is 0 Å². The van der Waals surface area contributed by atoms with E-state index in [9.17, 15) is 5.11 Å². The predicted octanol–water partition coefficient (Wildman–Crippen LogP) is 0.688. The Balaban J connectivity index is 1.63. The second-order valence-corrected chi connectivity index (χ2v) is 4.87. The molecule has 2 heterocycles. The van der Waals surface area contributed by atoms with E-state index >= 15 is 0 Å². The summed E-state index contributed by atoms with van der Waals surface area (Å²) in [4.78, 5) is 1.57. The highest BCUT2D eigenvalue weighted by Crippen LogP contribution is 2.27. The average Bonchev–Trinajstić information content (AvgIpc) is 2.93. The maximum atomic E-state index is 9.34. The Bertz CT molecular complexity index is 515. The number of nitrogens with one attached hydrogen (secondary N) is 1. The van der Waals surface area contributed by atoms with Gasteiger partial charge in [-0.1, -0.05) is 0 Å². The van der Waals surface area contributed by atoms with Crippen LogP contribution >= 0.6 is 0 Å². The highest BCUT2D eigenvalue weighted by molar-refractivity contribution is 5.48. The van der Waals surface area contributed by atoms with Crippen molar-refractivity contribution in [3.8, 4) is 5.69 Å². The maximum Gasteiger partial charge on any atom is 0.0858 e. The van der Waals surface area contributed by atoms with Gasteiger partial charge < -0.3 is 15.2 Å². The van der Waals surface area contributed by atoms with Gasteiger partial charge in [0, 0.05) is 12.2 Å². The van der Waals surface area contributed by atoms with Crippen molar-refractivity contribution in [2.75, 3.05) is 31.7 Å². The van der Waals surface area contributed by atoms with Crippen molar-refractivity contribution in [2.45, 2.75) is 0 Å². The van der Waals surface area contributed by atoms with E-state index in [4.69, 9.17) is 4.74 Å². The summed E-state index contributed by atoms with van der Waals surface area (Å²) in [5.74, 6) is 0. The van der Waals surface area contributed by atoms with Crippen LogP contribution in [0, 0.1) is 5.41 Å². The summed E-state index contributed by atoms with van der Waals surface area (Å²) in [5.41, 5.74) is 1.80. The van der Waals surface area contributed by atoms with Gasteiger partial charge >= 0.3 is 0 Å². The van der Waals surface area contributed by atoms with E-state index in [-0.39, 0.29) is 12.0 Å². The lowest BCUT2D eigenvalue weighted by atomic mass is 9.87. The Morgan fingerprint density at radius 3 is 2.42 bits per heavy atom. The molecular formula is C13H16N4O2. The van der Waals surface area contributed by atoms with Crippen LogP contribution in [0.15, 0.2) is 36.7 Å². The topological polar surface area (TPSA) is 72.2 Å². The number of hydrogen-bond acceptors (Lipinski definition) is 5. The first-order valence-electron chi connectivity index (χ1n) is 6.21. The van der Waals surface area contributed by atoms with E-state index in [0.717, 1.165) is 11.4 Å². The predicted molar refractivity (Wildman–Crippen MR) is 70.2 cm³/mol. The summed E-state index contributed by atoms with van der Waals surface area (Å²) < 4.78 is 5.17. The van der Waals surface area contributed by atoms with Gasteiger partial charge in [-0.05, 0) is 24.3 Å². The molecule has 1 aromatic carbocycles. The molecule has 100 valence electrons. The van der Waals surface area contributed by atoms with Gasteiger partial charge in [0.1, 0.15) is 0 Å². The zero-order valence-electron chi connectivity index (χ0n) is 10.5. The number of hydrogen-bond donors (Lipinski definition) is 2. The van der Waals surface area contributed by atoms with Crippen molar-refractivity contribution < 1.29 is 9.84 Å². The molecule has 0 amide bonds. The minimum absolute atomic E-state index is 0.123. The molecule has 1 aliphatic rings. The minimum Gasteiger partial charge on any atom is -0.396 e. The first kappa shape index (κ1) is 12.1. The van der Waals surface area contributed by atoms with Crippen LogP contribution in [0.2, 0.25) is 0 Å². The fourth-order valence-corrected chi connectivity index (χ4v) is 1.99. The van der Waals surface area contributed by atoms with Crippen molar-refractivity contribution in [3.63, 3.8) is 0 Å². The van der Waals surface area contributed by atoms with Crippen LogP contribution in [-0.4, -0.2) is 46.5 Å². The molecule has 1 aliphatic heterocycles. The fraction of sp³-hybridized carbons (Fsp3) is 0.385. The maximum absolute atomic E-state index is 9.34. The lowest BCUT2D eigenvalue weighted by Crippen LogP contribution is -2.50. The normalized spacial score (nSPS) is 16.9. The molecule has 1 fully saturated rings. The third kappa shape index (κ3) is 2.45. The minimum atomic E-state index is -0.123. The Morgan fingerprint density at radius 1 is 1.21 bits per heavy atom. The van der Waals surface area contributed by atoms with E-state index in [0.29, 0.717) is 19.8 Å². The molecule has 0 saturated carbocycles. The van der Waals surface area contributed by atoms with Crippen LogP contribution in [0.4, 0.5) is 5.69 Å². The molecule has 0 atom stereocenters. The van der Waals surface area contributed by atoms with Crippen molar-refractivity contribution >= 4 is 5.69 Å². The number of benzene rings is 1. The zero-order chi connectivity index (χ0) is 13.1. The number of nitrogens with zero attached hydrogens (tertiary/aromatic N) is 3. The molecule has 3 rings (SSSR count). The second-order valence-electron chi connectivity index (χ2n) is 4.87. The Hall–Kier alpha value is -1.92. The highest BCUT2D eigenvalue weighted by Gasteiger charge is 2.37. The lowest BCUT2D eigenvalue weighted by molar-refractivity contribution is -0.128. The average molecular weight is 260 g/mol. The number of ether oxygens (including phenoxy) is 1. The van der Waals surface area contributed by atoms with E-state index in [1.54, 1.807) is 17.2 Å². The molecule has 0 spiro atoms. The molecule has 0 radical (unpaired) electrons. The molecule has 19 heavy (non-hydrogen) atoms. The Morgan fingerprint density at radius 2 is 1.89 bits per heavy atom. The molecule has 0 bridgehead atoms. The molecule has 1 saturated heterocycles. The monoisotopic (exact) mass is 260 g/mol. The van der Waals surface area contributed by atoms with Gasteiger partial charge in [0.2, 0.25) is 0 Å². The summed E-state index contributed by atoms with van der Waals surface area (Å²) in [6, 6.07) is 7.85. The zero-order valence-corrected chi connectivity index (χ0v) is 10.5. The number of aliphatic hydroxyl groups excluding tert-OH is 1. The van der Waals surface area contributed by atoms with Crippen LogP contribution in [0.3, 0.4) is 0 Å². The molecule has 0 unspecified atom stereocenters. The van der Waals surface area contributed by atoms with Crippen LogP contribution in [0.5, 0.6) is 0 Å². The molecule has 0 aliphatic carbocycles. The van der Waals surface area contributed by atoms with Crippen molar-refractivity contribution in [1.29, 1.82) is 0 Å². The molecule has 6 nitrogen and oxygen atoms in total. The van der Waals surface area contributed by atoms with E-state index in [1.807, 2.05) is 24.3 Å². The summed E-state index contributed by atoms with van der Waals surface area (Å²) in [6.45, 7) is 2.09. The van der Waals surface area contributed by atoms with Crippen LogP contribution in [-0.2, 0) is 4.74 Å². The molecule has 6 heteroatoms. The third-order valence-electron chi connectivity index (χ3n) is 3.34. The van der Waals surface area contributed by atoms with E-state index < -0.39 is 0 Å². The van der Waals surface area contributed by atoms with Gasteiger partial charge in [-0.15, -0.1) is 0 Å². The van der Waals surface area contributed by atoms with Crippen molar-refractivity contribution in [1.82, 2.24) is 15.0 Å². The first-order valence-corrected chi connectivity index (χ1v) is 6.21. The van der Waals surface area contributed by atoms with Gasteiger partial charge in [-0.3, -0.25) is 0 Å². The fourth-order valence-electron chi connectivity index (χ4n) is 1.99. The smallest absolute Gasteiger partial charge is 0.0858 e. The third-order valence-corrected chi connectivity index (χ3v) is 3.34. The summed E-state index contributed by atoms with van der Waals surface area (Å²) >= 11 is 0. The number of aromatic nitrogens is 3. The van der Waals surface area contributed by atoms with Gasteiger partial charge in [0.05, 0.1) is 43.3 Å². The molecule has 1 aromatic heterocycles. The molecule has 2 N–H and O–H groups in total. The molecular weight excluding hydrogens is 244 g/mol. The van der Waals surface area contributed by atoms with Gasteiger partial charge in [-0.2, -0.15) is 15.0 Å². The summed E-state index contributed by atoms with van der Waals surface area (Å²) in [7, 11) is 0. The van der Waals surface area contributed by atoms with E-state index in [1.165, 1.54) is 0 Å². The largest absolute Gasteiger partial charge is 0.396 e. The summed E-state index contributed by atoms with van der Waals surface area (Å²) in [5, 5.41) is 20.8. The Kier molecular flexibility index (Phi) is 3.18. The number of rotatable bonds is 5. The van der Waals surface area contributed by atoms with Crippen LogP contribution in [0.25, 0.3) is 5.69 Å². The Labute approximate surface area is 111 Å². The quantitative estimate of drug-likeness (QED) is 0.827. The van der Waals surface area contributed by atoms with Crippen molar-refractivity contribution in [2.24, 2.45) is 5.41 Å². The summed E-state index contributed by atoms with van der Waals surface area (Å²) in [6.07, 6.45) is 3.29. The van der Waals surface area contributed by atoms with E-state index in [2.05, 4.69) is 15.5 Å². The van der Waals surface area contributed by atoms with Crippen LogP contribution < -0.4 is 5.32 Å². The van der Waals surface area contributed by atoms with Crippen LogP contribution in [0.1, 0.15) is 0 Å².